The zero-order valence-electron chi connectivity index (χ0n) is 6.75. The zero-order valence-corrected chi connectivity index (χ0v) is 6.75. The van der Waals surface area contributed by atoms with Crippen molar-refractivity contribution in [1.29, 1.82) is 0 Å². The number of nitrogens with two attached hydrogens (primary N) is 1. The number of hydrogen-bond acceptors (Lipinski definition) is 3. The van der Waals surface area contributed by atoms with Crippen LogP contribution in [0.5, 0.6) is 0 Å². The summed E-state index contributed by atoms with van der Waals surface area (Å²) in [6.07, 6.45) is 0.860. The summed E-state index contributed by atoms with van der Waals surface area (Å²) in [5.74, 6) is -0.746. The second kappa shape index (κ2) is 6.12. The van der Waals surface area contributed by atoms with Crippen molar-refractivity contribution in [3.05, 3.63) is 0 Å². The average molecular weight is 161 g/mol. The fourth-order valence-electron chi connectivity index (χ4n) is 0.835. The summed E-state index contributed by atoms with van der Waals surface area (Å²) in [6, 6.07) is 0. The first-order valence-corrected chi connectivity index (χ1v) is 3.61. The quantitative estimate of drug-likeness (QED) is 0.578. The number of aliphatic carboxylic acids is 1. The molecule has 4 heteroatoms. The van der Waals surface area contributed by atoms with Crippen LogP contribution in [-0.2, 0) is 9.53 Å². The molecular formula is C7H15NO3. The van der Waals surface area contributed by atoms with E-state index in [9.17, 15) is 4.79 Å². The van der Waals surface area contributed by atoms with E-state index in [0.717, 1.165) is 6.42 Å². The van der Waals surface area contributed by atoms with Crippen LogP contribution in [0.25, 0.3) is 0 Å². The first-order chi connectivity index (χ1) is 5.20. The van der Waals surface area contributed by atoms with Crippen molar-refractivity contribution in [3.8, 4) is 0 Å². The summed E-state index contributed by atoms with van der Waals surface area (Å²) in [5, 5.41) is 8.42. The Morgan fingerprint density at radius 1 is 1.73 bits per heavy atom. The minimum absolute atomic E-state index is 0.0486. The molecule has 4 nitrogen and oxygen atoms in total. The van der Waals surface area contributed by atoms with Gasteiger partial charge < -0.3 is 15.6 Å². The van der Waals surface area contributed by atoms with Gasteiger partial charge in [-0.1, -0.05) is 0 Å². The summed E-state index contributed by atoms with van der Waals surface area (Å²) in [6.45, 7) is 0.991. The molecule has 0 aromatic carbocycles. The fraction of sp³-hybridized carbons (Fsp3) is 0.857. The molecular weight excluding hydrogens is 146 g/mol. The molecule has 0 bridgehead atoms. The summed E-state index contributed by atoms with van der Waals surface area (Å²) < 4.78 is 4.81. The molecule has 1 atom stereocenters. The van der Waals surface area contributed by atoms with Crippen LogP contribution in [0, 0.1) is 5.92 Å². The van der Waals surface area contributed by atoms with Gasteiger partial charge in [0.2, 0.25) is 0 Å². The van der Waals surface area contributed by atoms with E-state index in [1.807, 2.05) is 0 Å². The molecule has 0 saturated carbocycles. The lowest BCUT2D eigenvalue weighted by molar-refractivity contribution is -0.138. The third-order valence-electron chi connectivity index (χ3n) is 1.53. The van der Waals surface area contributed by atoms with E-state index in [0.29, 0.717) is 13.2 Å². The zero-order chi connectivity index (χ0) is 8.69. The van der Waals surface area contributed by atoms with E-state index < -0.39 is 5.97 Å². The molecule has 0 aromatic rings. The lowest BCUT2D eigenvalue weighted by Gasteiger charge is -2.10. The maximum Gasteiger partial charge on any atom is 0.303 e. The van der Waals surface area contributed by atoms with Crippen molar-refractivity contribution in [3.63, 3.8) is 0 Å². The minimum Gasteiger partial charge on any atom is -0.481 e. The predicted molar refractivity (Wildman–Crippen MR) is 41.3 cm³/mol. The van der Waals surface area contributed by atoms with Crippen LogP contribution in [0.3, 0.4) is 0 Å². The molecule has 0 rings (SSSR count). The number of hydrogen-bond donors (Lipinski definition) is 2. The highest BCUT2D eigenvalue weighted by Gasteiger charge is 2.10. The Hall–Kier alpha value is -0.610. The highest BCUT2D eigenvalue weighted by Crippen LogP contribution is 2.06. The summed E-state index contributed by atoms with van der Waals surface area (Å²) in [4.78, 5) is 10.2. The van der Waals surface area contributed by atoms with Crippen molar-refractivity contribution in [1.82, 2.24) is 0 Å². The molecule has 0 aliphatic heterocycles. The summed E-state index contributed by atoms with van der Waals surface area (Å²) >= 11 is 0. The summed E-state index contributed by atoms with van der Waals surface area (Å²) in [7, 11) is 1.59. The molecule has 0 aliphatic rings. The molecule has 0 heterocycles. The lowest BCUT2D eigenvalue weighted by atomic mass is 10.0. The third kappa shape index (κ3) is 5.82. The van der Waals surface area contributed by atoms with Crippen molar-refractivity contribution >= 4 is 5.97 Å². The van der Waals surface area contributed by atoms with Gasteiger partial charge in [0.05, 0.1) is 0 Å². The number of carboxylic acid groups (broad SMARTS) is 1. The van der Waals surface area contributed by atoms with Gasteiger partial charge in [-0.25, -0.2) is 0 Å². The number of ether oxygens (including phenoxy) is 1. The first-order valence-electron chi connectivity index (χ1n) is 3.61. The van der Waals surface area contributed by atoms with Gasteiger partial charge in [-0.15, -0.1) is 0 Å². The number of methoxy groups -OCH3 is 1. The molecule has 3 N–H and O–H groups in total. The number of carbonyl (C=O) groups is 1. The monoisotopic (exact) mass is 161 g/mol. The second-order valence-electron chi connectivity index (χ2n) is 2.48. The average Bonchev–Trinajstić information content (AvgIpc) is 1.97. The van der Waals surface area contributed by atoms with Crippen molar-refractivity contribution in [2.24, 2.45) is 11.7 Å². The van der Waals surface area contributed by atoms with Gasteiger partial charge in [0.1, 0.15) is 0 Å². The van der Waals surface area contributed by atoms with Gasteiger partial charge in [-0.3, -0.25) is 4.79 Å². The topological polar surface area (TPSA) is 72.5 Å². The highest BCUT2D eigenvalue weighted by atomic mass is 16.5. The standard InChI is InChI=1S/C7H15NO3/c1-11-3-2-6(5-8)4-7(9)10/h6H,2-5,8H2,1H3,(H,9,10). The molecule has 0 radical (unpaired) electrons. The molecule has 11 heavy (non-hydrogen) atoms. The van der Waals surface area contributed by atoms with Gasteiger partial charge in [-0.2, -0.15) is 0 Å². The van der Waals surface area contributed by atoms with Gasteiger partial charge in [0.15, 0.2) is 0 Å². The second-order valence-corrected chi connectivity index (χ2v) is 2.48. The Labute approximate surface area is 66.3 Å². The molecule has 0 saturated heterocycles. The molecule has 0 aromatic heterocycles. The highest BCUT2D eigenvalue weighted by molar-refractivity contribution is 5.67. The van der Waals surface area contributed by atoms with Crippen molar-refractivity contribution in [2.45, 2.75) is 12.8 Å². The Morgan fingerprint density at radius 2 is 2.36 bits per heavy atom. The number of rotatable bonds is 6. The van der Waals surface area contributed by atoms with Crippen LogP contribution in [0.15, 0.2) is 0 Å². The van der Waals surface area contributed by atoms with E-state index in [2.05, 4.69) is 0 Å². The molecule has 66 valence electrons. The molecule has 1 unspecified atom stereocenters. The third-order valence-corrected chi connectivity index (χ3v) is 1.53. The van der Waals surface area contributed by atoms with Crippen LogP contribution in [0.1, 0.15) is 12.8 Å². The fourth-order valence-corrected chi connectivity index (χ4v) is 0.835. The summed E-state index contributed by atoms with van der Waals surface area (Å²) in [5.41, 5.74) is 5.34. The smallest absolute Gasteiger partial charge is 0.303 e. The van der Waals surface area contributed by atoms with Gasteiger partial charge in [0, 0.05) is 20.1 Å². The van der Waals surface area contributed by atoms with Gasteiger partial charge in [0.25, 0.3) is 0 Å². The maximum atomic E-state index is 10.2. The predicted octanol–water partition coefficient (Wildman–Crippen LogP) is 0.0725. The first kappa shape index (κ1) is 10.4. The van der Waals surface area contributed by atoms with Crippen molar-refractivity contribution in [2.75, 3.05) is 20.3 Å². The van der Waals surface area contributed by atoms with E-state index >= 15 is 0 Å². The SMILES string of the molecule is COCCC(CN)CC(=O)O. The molecule has 0 amide bonds. The largest absolute Gasteiger partial charge is 0.481 e. The van der Waals surface area contributed by atoms with Crippen LogP contribution >= 0.6 is 0 Å². The molecule has 0 spiro atoms. The maximum absolute atomic E-state index is 10.2. The van der Waals surface area contributed by atoms with E-state index in [1.165, 1.54) is 0 Å². The number of carboxylic acids is 1. The van der Waals surface area contributed by atoms with E-state index in [1.54, 1.807) is 7.11 Å². The van der Waals surface area contributed by atoms with Gasteiger partial charge >= 0.3 is 5.97 Å². The molecule has 0 aliphatic carbocycles. The van der Waals surface area contributed by atoms with Crippen LogP contribution in [0.4, 0.5) is 0 Å². The van der Waals surface area contributed by atoms with E-state index in [-0.39, 0.29) is 12.3 Å². The van der Waals surface area contributed by atoms with Crippen LogP contribution in [-0.4, -0.2) is 31.3 Å². The Bertz CT molecular complexity index is 116. The lowest BCUT2D eigenvalue weighted by Crippen LogP contribution is -2.19. The van der Waals surface area contributed by atoms with E-state index in [4.69, 9.17) is 15.6 Å². The Morgan fingerprint density at radius 3 is 2.73 bits per heavy atom. The van der Waals surface area contributed by atoms with Crippen LogP contribution < -0.4 is 5.73 Å². The Kier molecular flexibility index (Phi) is 5.78. The van der Waals surface area contributed by atoms with Crippen LogP contribution in [0.2, 0.25) is 0 Å². The van der Waals surface area contributed by atoms with Gasteiger partial charge in [-0.05, 0) is 18.9 Å². The Balaban J connectivity index is 3.49. The van der Waals surface area contributed by atoms with Crippen molar-refractivity contribution < 1.29 is 14.6 Å². The molecule has 0 fully saturated rings. The minimum atomic E-state index is -0.795. The normalized spacial score (nSPS) is 12.9.